The molecule has 158 valence electrons. The molecule has 0 bridgehead atoms. The summed E-state index contributed by atoms with van der Waals surface area (Å²) in [5, 5.41) is 0. The third-order valence-corrected chi connectivity index (χ3v) is 10.4. The molecule has 0 heterocycles. The fourth-order valence-electron chi connectivity index (χ4n) is 2.95. The molecule has 4 nitrogen and oxygen atoms in total. The molecule has 0 aliphatic heterocycles. The van der Waals surface area contributed by atoms with Crippen LogP contribution in [-0.4, -0.2) is 60.1 Å². The first-order valence-corrected chi connectivity index (χ1v) is 15.7. The Morgan fingerprint density at radius 3 is 1.88 bits per heavy atom. The van der Waals surface area contributed by atoms with Crippen LogP contribution in [0.2, 0.25) is 19.1 Å². The molecule has 0 amide bonds. The normalized spacial score (nSPS) is 14.4. The number of hydrogen-bond donors (Lipinski definition) is 0. The van der Waals surface area contributed by atoms with Crippen molar-refractivity contribution in [3.63, 3.8) is 0 Å². The third kappa shape index (κ3) is 10.6. The van der Waals surface area contributed by atoms with Crippen molar-refractivity contribution in [3.8, 4) is 0 Å². The predicted molar refractivity (Wildman–Crippen MR) is 119 cm³/mol. The average Bonchev–Trinajstić information content (AvgIpc) is 2.53. The first kappa shape index (κ1) is 26.3. The first-order chi connectivity index (χ1) is 12.1. The molecule has 0 aliphatic carbocycles. The fourth-order valence-corrected chi connectivity index (χ4v) is 7.41. The molecule has 0 fully saturated rings. The van der Waals surface area contributed by atoms with Gasteiger partial charge in [-0.15, -0.1) is 0 Å². The van der Waals surface area contributed by atoms with Crippen LogP contribution < -0.4 is 0 Å². The van der Waals surface area contributed by atoms with Crippen molar-refractivity contribution < 1.29 is 13.3 Å². The lowest BCUT2D eigenvalue weighted by atomic mass is 10.0. The molecule has 0 rings (SSSR count). The summed E-state index contributed by atoms with van der Waals surface area (Å²) in [6.45, 7) is 23.8. The van der Waals surface area contributed by atoms with Crippen LogP contribution >= 0.6 is 0 Å². The largest absolute Gasteiger partial charge is 0.500 e. The van der Waals surface area contributed by atoms with Gasteiger partial charge >= 0.3 is 8.80 Å². The lowest BCUT2D eigenvalue weighted by Gasteiger charge is -2.36. The van der Waals surface area contributed by atoms with Crippen LogP contribution in [0.3, 0.4) is 0 Å². The zero-order valence-electron chi connectivity index (χ0n) is 19.2. The minimum atomic E-state index is -2.55. The van der Waals surface area contributed by atoms with E-state index >= 15 is 0 Å². The molecule has 1 unspecified atom stereocenters. The number of hydrogen-bond acceptors (Lipinski definition) is 4. The maximum Gasteiger partial charge on any atom is 0.500 e. The molecule has 1 atom stereocenters. The molecule has 0 aromatic rings. The zero-order valence-corrected chi connectivity index (χ0v) is 21.3. The predicted octanol–water partition coefficient (Wildman–Crippen LogP) is 5.11. The lowest BCUT2D eigenvalue weighted by molar-refractivity contribution is 0.0578. The van der Waals surface area contributed by atoms with Crippen LogP contribution in [0.15, 0.2) is 0 Å². The summed E-state index contributed by atoms with van der Waals surface area (Å²) in [7, 11) is -3.41. The molecule has 0 spiro atoms. The Morgan fingerprint density at radius 2 is 1.46 bits per heavy atom. The summed E-state index contributed by atoms with van der Waals surface area (Å²) in [6, 6.07) is 0.936. The maximum absolute atomic E-state index is 6.46. The van der Waals surface area contributed by atoms with E-state index in [1.165, 1.54) is 25.8 Å². The third-order valence-electron chi connectivity index (χ3n) is 4.92. The van der Waals surface area contributed by atoms with Crippen molar-refractivity contribution in [2.75, 3.05) is 26.3 Å². The summed E-state index contributed by atoms with van der Waals surface area (Å²) in [5.41, 5.74) is 0.535. The minimum absolute atomic E-state index is 0.234. The van der Waals surface area contributed by atoms with E-state index in [-0.39, 0.29) is 5.54 Å². The second-order valence-electron chi connectivity index (χ2n) is 8.58. The Hall–Kier alpha value is 0.274. The van der Waals surface area contributed by atoms with Crippen LogP contribution in [0.4, 0.5) is 0 Å². The van der Waals surface area contributed by atoms with Gasteiger partial charge in [0.1, 0.15) is 0 Å². The van der Waals surface area contributed by atoms with Crippen molar-refractivity contribution in [1.29, 1.82) is 0 Å². The van der Waals surface area contributed by atoms with Crippen LogP contribution in [0.1, 0.15) is 74.1 Å². The monoisotopic (exact) mass is 405 g/mol. The standard InChI is InChI=1S/C20H47NO3Si2/c1-10-13-16-21(20(5,6)7)17-14-15-18-26(22-11-2,23-12-3)24-19(4)25(8)9/h19,25H,10-18H2,1-9H3. The Labute approximate surface area is 167 Å². The Kier molecular flexibility index (Phi) is 13.6. The Balaban J connectivity index is 4.75. The van der Waals surface area contributed by atoms with E-state index in [0.717, 1.165) is 19.0 Å². The molecule has 0 saturated carbocycles. The smallest absolute Gasteiger partial charge is 0.374 e. The van der Waals surface area contributed by atoms with Crippen molar-refractivity contribution in [1.82, 2.24) is 4.90 Å². The molecule has 6 heteroatoms. The van der Waals surface area contributed by atoms with Gasteiger partial charge in [-0.25, -0.2) is 0 Å². The van der Waals surface area contributed by atoms with Crippen LogP contribution in [0.25, 0.3) is 0 Å². The van der Waals surface area contributed by atoms with E-state index in [2.05, 4.69) is 52.6 Å². The first-order valence-electron chi connectivity index (χ1n) is 10.8. The topological polar surface area (TPSA) is 30.9 Å². The van der Waals surface area contributed by atoms with Crippen LogP contribution in [0.5, 0.6) is 0 Å². The van der Waals surface area contributed by atoms with E-state index in [4.69, 9.17) is 13.3 Å². The van der Waals surface area contributed by atoms with Crippen LogP contribution in [0, 0.1) is 0 Å². The number of unbranched alkanes of at least 4 members (excludes halogenated alkanes) is 2. The summed E-state index contributed by atoms with van der Waals surface area (Å²) < 4.78 is 18.7. The molecule has 0 aliphatic rings. The molecule has 26 heavy (non-hydrogen) atoms. The molecule has 0 N–H and O–H groups in total. The van der Waals surface area contributed by atoms with Gasteiger partial charge in [0.25, 0.3) is 0 Å². The van der Waals surface area contributed by atoms with Gasteiger partial charge in [0.05, 0.1) is 8.80 Å². The van der Waals surface area contributed by atoms with Gasteiger partial charge in [-0.05, 0) is 73.9 Å². The zero-order chi connectivity index (χ0) is 20.2. The SMILES string of the molecule is CCCCN(CCCC[Si](OCC)(OCC)OC(C)[SiH](C)C)C(C)(C)C. The molecular formula is C20H47NO3Si2. The lowest BCUT2D eigenvalue weighted by Crippen LogP contribution is -2.50. The molecular weight excluding hydrogens is 358 g/mol. The fraction of sp³-hybridized carbons (Fsp3) is 1.00. The Bertz CT molecular complexity index is 342. The van der Waals surface area contributed by atoms with Gasteiger partial charge in [-0.3, -0.25) is 4.90 Å². The minimum Gasteiger partial charge on any atom is -0.374 e. The van der Waals surface area contributed by atoms with Crippen molar-refractivity contribution in [2.45, 2.75) is 105 Å². The van der Waals surface area contributed by atoms with Gasteiger partial charge < -0.3 is 13.3 Å². The van der Waals surface area contributed by atoms with Crippen molar-refractivity contribution >= 4 is 17.6 Å². The highest BCUT2D eigenvalue weighted by Crippen LogP contribution is 2.23. The average molecular weight is 406 g/mol. The van der Waals surface area contributed by atoms with E-state index < -0.39 is 17.6 Å². The van der Waals surface area contributed by atoms with Gasteiger partial charge in [0.15, 0.2) is 0 Å². The summed E-state index contributed by atoms with van der Waals surface area (Å²) in [6.07, 6.45) is 4.81. The molecule has 0 aromatic heterocycles. The van der Waals surface area contributed by atoms with Gasteiger partial charge in [-0.2, -0.15) is 0 Å². The second kappa shape index (κ2) is 13.5. The van der Waals surface area contributed by atoms with Crippen molar-refractivity contribution in [2.24, 2.45) is 0 Å². The number of rotatable bonds is 15. The molecule has 0 radical (unpaired) electrons. The maximum atomic E-state index is 6.46. The molecule has 0 saturated heterocycles. The molecule has 0 aromatic carbocycles. The highest BCUT2D eigenvalue weighted by atomic mass is 28.4. The van der Waals surface area contributed by atoms with Gasteiger partial charge in [0.2, 0.25) is 0 Å². The number of nitrogens with zero attached hydrogens (tertiary/aromatic N) is 1. The van der Waals surface area contributed by atoms with Crippen LogP contribution in [-0.2, 0) is 13.3 Å². The van der Waals surface area contributed by atoms with E-state index in [9.17, 15) is 0 Å². The van der Waals surface area contributed by atoms with E-state index in [0.29, 0.717) is 18.9 Å². The van der Waals surface area contributed by atoms with E-state index in [1.807, 2.05) is 13.8 Å². The second-order valence-corrected chi connectivity index (χ2v) is 14.7. The van der Waals surface area contributed by atoms with Gasteiger partial charge in [0, 0.05) is 30.5 Å². The van der Waals surface area contributed by atoms with E-state index in [1.54, 1.807) is 0 Å². The van der Waals surface area contributed by atoms with Gasteiger partial charge in [-0.1, -0.05) is 26.4 Å². The summed E-state index contributed by atoms with van der Waals surface area (Å²) >= 11 is 0. The van der Waals surface area contributed by atoms with Crippen molar-refractivity contribution in [3.05, 3.63) is 0 Å². The highest BCUT2D eigenvalue weighted by molar-refractivity contribution is 6.63. The summed E-state index contributed by atoms with van der Waals surface area (Å²) in [4.78, 5) is 2.62. The highest BCUT2D eigenvalue weighted by Gasteiger charge is 2.42. The Morgan fingerprint density at radius 1 is 0.923 bits per heavy atom. The summed E-state index contributed by atoms with van der Waals surface area (Å²) in [5.74, 6) is 0. The quantitative estimate of drug-likeness (QED) is 0.280.